The highest BCUT2D eigenvalue weighted by Gasteiger charge is 2.23. The first-order chi connectivity index (χ1) is 13.9. The van der Waals surface area contributed by atoms with Gasteiger partial charge >= 0.3 is 0 Å². The van der Waals surface area contributed by atoms with E-state index in [1.165, 1.54) is 28.9 Å². The maximum atomic E-state index is 12.7. The van der Waals surface area contributed by atoms with Crippen LogP contribution in [0.25, 0.3) is 5.65 Å². The summed E-state index contributed by atoms with van der Waals surface area (Å²) >= 11 is 0. The van der Waals surface area contributed by atoms with Crippen LogP contribution in [0.15, 0.2) is 53.7 Å². The SMILES string of the molecule is CC1CCC(NC(=O)c2cnn3ccc(NS(=O)(=O)c4ccccc4)nc23)CC1. The van der Waals surface area contributed by atoms with Crippen LogP contribution < -0.4 is 10.0 Å². The third-order valence-electron chi connectivity index (χ3n) is 5.26. The van der Waals surface area contributed by atoms with Crippen LogP contribution in [-0.4, -0.2) is 35.0 Å². The van der Waals surface area contributed by atoms with Gasteiger partial charge in [0.1, 0.15) is 11.4 Å². The van der Waals surface area contributed by atoms with E-state index in [2.05, 4.69) is 27.0 Å². The van der Waals surface area contributed by atoms with E-state index in [-0.39, 0.29) is 22.7 Å². The molecule has 1 aliphatic carbocycles. The van der Waals surface area contributed by atoms with E-state index < -0.39 is 10.0 Å². The number of carbonyl (C=O) groups is 1. The second-order valence-corrected chi connectivity index (χ2v) is 9.17. The van der Waals surface area contributed by atoms with Gasteiger partial charge in [0.15, 0.2) is 5.65 Å². The molecule has 2 heterocycles. The van der Waals surface area contributed by atoms with Crippen molar-refractivity contribution in [2.45, 2.75) is 43.5 Å². The molecule has 0 unspecified atom stereocenters. The Morgan fingerprint density at radius 2 is 1.83 bits per heavy atom. The van der Waals surface area contributed by atoms with Crippen molar-refractivity contribution in [3.63, 3.8) is 0 Å². The normalized spacial score (nSPS) is 19.8. The molecule has 1 aliphatic rings. The highest BCUT2D eigenvalue weighted by molar-refractivity contribution is 7.92. The lowest BCUT2D eigenvalue weighted by atomic mass is 9.87. The Kier molecular flexibility index (Phi) is 5.23. The second-order valence-electron chi connectivity index (χ2n) is 7.49. The van der Waals surface area contributed by atoms with Gasteiger partial charge in [-0.1, -0.05) is 25.1 Å². The van der Waals surface area contributed by atoms with Crippen LogP contribution in [0, 0.1) is 5.92 Å². The molecule has 8 nitrogen and oxygen atoms in total. The Hall–Kier alpha value is -2.94. The van der Waals surface area contributed by atoms with E-state index in [4.69, 9.17) is 0 Å². The predicted molar refractivity (Wildman–Crippen MR) is 109 cm³/mol. The first-order valence-electron chi connectivity index (χ1n) is 9.65. The average Bonchev–Trinajstić information content (AvgIpc) is 3.13. The molecule has 1 amide bonds. The van der Waals surface area contributed by atoms with Crippen LogP contribution in [-0.2, 0) is 10.0 Å². The summed E-state index contributed by atoms with van der Waals surface area (Å²) in [6.45, 7) is 2.23. The van der Waals surface area contributed by atoms with Crippen LogP contribution >= 0.6 is 0 Å². The number of sulfonamides is 1. The van der Waals surface area contributed by atoms with Crippen LogP contribution in [0.5, 0.6) is 0 Å². The van der Waals surface area contributed by atoms with Crippen molar-refractivity contribution in [3.8, 4) is 0 Å². The van der Waals surface area contributed by atoms with E-state index in [0.29, 0.717) is 17.1 Å². The number of amides is 1. The lowest BCUT2D eigenvalue weighted by Gasteiger charge is -2.26. The van der Waals surface area contributed by atoms with Gasteiger partial charge in [0.2, 0.25) is 0 Å². The van der Waals surface area contributed by atoms with Gasteiger partial charge in [-0.25, -0.2) is 17.9 Å². The minimum absolute atomic E-state index is 0.127. The third-order valence-corrected chi connectivity index (χ3v) is 6.63. The molecule has 2 aromatic heterocycles. The molecule has 9 heteroatoms. The summed E-state index contributed by atoms with van der Waals surface area (Å²) in [6.07, 6.45) is 7.15. The second kappa shape index (κ2) is 7.82. The highest BCUT2D eigenvalue weighted by Crippen LogP contribution is 2.24. The zero-order chi connectivity index (χ0) is 20.4. The Balaban J connectivity index is 1.55. The minimum Gasteiger partial charge on any atom is -0.349 e. The molecule has 29 heavy (non-hydrogen) atoms. The summed E-state index contributed by atoms with van der Waals surface area (Å²) in [6, 6.07) is 9.70. The van der Waals surface area contributed by atoms with Gasteiger partial charge in [-0.05, 0) is 49.8 Å². The summed E-state index contributed by atoms with van der Waals surface area (Å²) in [5.41, 5.74) is 0.629. The van der Waals surface area contributed by atoms with Gasteiger partial charge < -0.3 is 5.32 Å². The number of rotatable bonds is 5. The van der Waals surface area contributed by atoms with Gasteiger partial charge in [-0.15, -0.1) is 0 Å². The van der Waals surface area contributed by atoms with E-state index in [0.717, 1.165) is 25.7 Å². The molecule has 1 fully saturated rings. The lowest BCUT2D eigenvalue weighted by molar-refractivity contribution is 0.0924. The van der Waals surface area contributed by atoms with Crippen molar-refractivity contribution in [2.75, 3.05) is 4.72 Å². The highest BCUT2D eigenvalue weighted by atomic mass is 32.2. The van der Waals surface area contributed by atoms with Crippen molar-refractivity contribution in [1.29, 1.82) is 0 Å². The summed E-state index contributed by atoms with van der Waals surface area (Å²) in [7, 11) is -3.77. The van der Waals surface area contributed by atoms with E-state index >= 15 is 0 Å². The molecule has 1 saturated carbocycles. The van der Waals surface area contributed by atoms with E-state index in [1.807, 2.05) is 0 Å². The van der Waals surface area contributed by atoms with Crippen molar-refractivity contribution in [3.05, 3.63) is 54.4 Å². The lowest BCUT2D eigenvalue weighted by Crippen LogP contribution is -2.37. The molecule has 0 spiro atoms. The molecule has 0 saturated heterocycles. The molecular weight excluding hydrogens is 390 g/mol. The number of benzene rings is 1. The van der Waals surface area contributed by atoms with Gasteiger partial charge in [0.05, 0.1) is 11.1 Å². The van der Waals surface area contributed by atoms with Crippen molar-refractivity contribution < 1.29 is 13.2 Å². The van der Waals surface area contributed by atoms with Crippen LogP contribution in [0.2, 0.25) is 0 Å². The Morgan fingerprint density at radius 1 is 1.10 bits per heavy atom. The number of anilines is 1. The molecule has 0 radical (unpaired) electrons. The Labute approximate surface area is 169 Å². The first-order valence-corrected chi connectivity index (χ1v) is 11.1. The number of nitrogens with one attached hydrogen (secondary N) is 2. The maximum absolute atomic E-state index is 12.7. The summed E-state index contributed by atoms with van der Waals surface area (Å²) in [5, 5.41) is 7.21. The van der Waals surface area contributed by atoms with Crippen molar-refractivity contribution in [2.24, 2.45) is 5.92 Å². The van der Waals surface area contributed by atoms with Crippen molar-refractivity contribution in [1.82, 2.24) is 19.9 Å². The van der Waals surface area contributed by atoms with Crippen LogP contribution in [0.3, 0.4) is 0 Å². The van der Waals surface area contributed by atoms with E-state index in [1.54, 1.807) is 24.4 Å². The number of carbonyl (C=O) groups excluding carboxylic acids is 1. The third kappa shape index (κ3) is 4.24. The molecule has 152 valence electrons. The van der Waals surface area contributed by atoms with Gasteiger partial charge in [0.25, 0.3) is 15.9 Å². The topological polar surface area (TPSA) is 105 Å². The Morgan fingerprint density at radius 3 is 2.55 bits per heavy atom. The molecule has 0 bridgehead atoms. The quantitative estimate of drug-likeness (QED) is 0.669. The standard InChI is InChI=1S/C20H23N5O3S/c1-14-7-9-15(10-8-14)22-20(26)17-13-21-25-12-11-18(23-19(17)25)24-29(27,28)16-5-3-2-4-6-16/h2-6,11-15H,7-10H2,1H3,(H,22,26)(H,23,24). The monoisotopic (exact) mass is 413 g/mol. The summed E-state index contributed by atoms with van der Waals surface area (Å²) in [4.78, 5) is 17.2. The fourth-order valence-corrected chi connectivity index (χ4v) is 4.57. The summed E-state index contributed by atoms with van der Waals surface area (Å²) < 4.78 is 29.0. The number of hydrogen-bond acceptors (Lipinski definition) is 5. The fraction of sp³-hybridized carbons (Fsp3) is 0.350. The van der Waals surface area contributed by atoms with Crippen LogP contribution in [0.1, 0.15) is 43.0 Å². The summed E-state index contributed by atoms with van der Waals surface area (Å²) in [5.74, 6) is 0.583. The molecule has 0 aliphatic heterocycles. The number of hydrogen-bond donors (Lipinski definition) is 2. The van der Waals surface area contributed by atoms with Gasteiger partial charge in [-0.2, -0.15) is 5.10 Å². The molecule has 4 rings (SSSR count). The maximum Gasteiger partial charge on any atom is 0.263 e. The predicted octanol–water partition coefficient (Wildman–Crippen LogP) is 2.84. The first kappa shape index (κ1) is 19.4. The zero-order valence-electron chi connectivity index (χ0n) is 16.1. The molecule has 3 aromatic rings. The molecular formula is C20H23N5O3S. The average molecular weight is 414 g/mol. The number of nitrogens with zero attached hydrogens (tertiary/aromatic N) is 3. The van der Waals surface area contributed by atoms with E-state index in [9.17, 15) is 13.2 Å². The molecule has 0 atom stereocenters. The molecule has 1 aromatic carbocycles. The number of aromatic nitrogens is 3. The van der Waals surface area contributed by atoms with Crippen LogP contribution in [0.4, 0.5) is 5.82 Å². The zero-order valence-corrected chi connectivity index (χ0v) is 16.9. The van der Waals surface area contributed by atoms with Crippen molar-refractivity contribution >= 4 is 27.4 Å². The Bertz CT molecular complexity index is 1120. The smallest absolute Gasteiger partial charge is 0.263 e. The number of fused-ring (bicyclic) bond motifs is 1. The largest absolute Gasteiger partial charge is 0.349 e. The molecule has 2 N–H and O–H groups in total. The van der Waals surface area contributed by atoms with Gasteiger partial charge in [-0.3, -0.25) is 9.52 Å². The van der Waals surface area contributed by atoms with Gasteiger partial charge in [0, 0.05) is 12.2 Å². The minimum atomic E-state index is -3.77. The fourth-order valence-electron chi connectivity index (χ4n) is 3.55.